The second-order valence-electron chi connectivity index (χ2n) is 3.06. The predicted octanol–water partition coefficient (Wildman–Crippen LogP) is 1.45. The Hall–Kier alpha value is -1.39. The molecule has 0 amide bonds. The molecule has 1 atom stereocenters. The molecule has 0 aromatic heterocycles. The van der Waals surface area contributed by atoms with Gasteiger partial charge in [-0.25, -0.2) is 0 Å². The van der Waals surface area contributed by atoms with Crippen LogP contribution in [0.3, 0.4) is 0 Å². The van der Waals surface area contributed by atoms with Gasteiger partial charge in [-0.1, -0.05) is 17.3 Å². The molecule has 1 N–H and O–H groups in total. The lowest BCUT2D eigenvalue weighted by Crippen LogP contribution is -2.24. The first-order chi connectivity index (χ1) is 6.24. The van der Waals surface area contributed by atoms with E-state index in [0.717, 1.165) is 19.3 Å². The summed E-state index contributed by atoms with van der Waals surface area (Å²) < 4.78 is 0. The van der Waals surface area contributed by atoms with Crippen molar-refractivity contribution in [3.63, 3.8) is 0 Å². The molecule has 0 fully saturated rings. The van der Waals surface area contributed by atoms with E-state index < -0.39 is 4.92 Å². The Morgan fingerprint density at radius 2 is 2.46 bits per heavy atom. The summed E-state index contributed by atoms with van der Waals surface area (Å²) in [6.07, 6.45) is 6.50. The molecule has 5 heteroatoms. The summed E-state index contributed by atoms with van der Waals surface area (Å²) in [6.45, 7) is -0.352. The summed E-state index contributed by atoms with van der Waals surface area (Å²) in [5, 5.41) is 21.8. The molecule has 0 aromatic rings. The number of allylic oxidation sites excluding steroid dienone is 2. The van der Waals surface area contributed by atoms with E-state index in [4.69, 9.17) is 5.21 Å². The Balaban J connectivity index is 2.56. The van der Waals surface area contributed by atoms with E-state index in [1.54, 1.807) is 0 Å². The molecule has 0 saturated carbocycles. The number of rotatable bonds is 3. The summed E-state index contributed by atoms with van der Waals surface area (Å²) in [7, 11) is 0. The van der Waals surface area contributed by atoms with Crippen LogP contribution in [0.2, 0.25) is 0 Å². The van der Waals surface area contributed by atoms with Crippen molar-refractivity contribution in [3.05, 3.63) is 22.3 Å². The number of oxime groups is 1. The Morgan fingerprint density at radius 1 is 1.69 bits per heavy atom. The molecule has 0 aliphatic heterocycles. The van der Waals surface area contributed by atoms with E-state index in [1.165, 1.54) is 0 Å². The zero-order valence-corrected chi connectivity index (χ0v) is 7.22. The number of nitro groups is 1. The summed E-state index contributed by atoms with van der Waals surface area (Å²) >= 11 is 0. The van der Waals surface area contributed by atoms with Gasteiger partial charge in [0.2, 0.25) is 6.54 Å². The molecule has 1 aliphatic carbocycles. The SMILES string of the molecule is O=[N+]([O-])CC(=NO)C1CC=CCC1. The lowest BCUT2D eigenvalue weighted by molar-refractivity contribution is -0.463. The molecule has 5 nitrogen and oxygen atoms in total. The van der Waals surface area contributed by atoms with Gasteiger partial charge in [-0.05, 0) is 19.3 Å². The first kappa shape index (κ1) is 9.70. The minimum Gasteiger partial charge on any atom is -0.411 e. The standard InChI is InChI=1S/C8H12N2O3/c11-9-8(6-10(12)13)7-4-2-1-3-5-7/h1-2,7,11H,3-6H2. The zero-order valence-electron chi connectivity index (χ0n) is 7.22. The van der Waals surface area contributed by atoms with Crippen LogP contribution in [0, 0.1) is 16.0 Å². The highest BCUT2D eigenvalue weighted by atomic mass is 16.6. The molecule has 0 aromatic carbocycles. The molecule has 0 spiro atoms. The Labute approximate surface area is 75.9 Å². The number of hydrogen-bond donors (Lipinski definition) is 1. The lowest BCUT2D eigenvalue weighted by Gasteiger charge is -2.15. The van der Waals surface area contributed by atoms with Gasteiger partial charge in [0.15, 0.2) is 0 Å². The highest BCUT2D eigenvalue weighted by Gasteiger charge is 2.21. The van der Waals surface area contributed by atoms with Gasteiger partial charge < -0.3 is 5.21 Å². The highest BCUT2D eigenvalue weighted by molar-refractivity contribution is 5.87. The van der Waals surface area contributed by atoms with Crippen LogP contribution in [0.25, 0.3) is 0 Å². The topological polar surface area (TPSA) is 75.7 Å². The third-order valence-corrected chi connectivity index (χ3v) is 2.16. The second kappa shape index (κ2) is 4.59. The van der Waals surface area contributed by atoms with E-state index in [9.17, 15) is 10.1 Å². The van der Waals surface area contributed by atoms with Crippen LogP contribution in [0.15, 0.2) is 17.3 Å². The first-order valence-corrected chi connectivity index (χ1v) is 4.21. The van der Waals surface area contributed by atoms with Crippen LogP contribution in [-0.4, -0.2) is 22.4 Å². The van der Waals surface area contributed by atoms with Crippen LogP contribution < -0.4 is 0 Å². The van der Waals surface area contributed by atoms with Crippen LogP contribution in [0.1, 0.15) is 19.3 Å². The van der Waals surface area contributed by atoms with Gasteiger partial charge in [0.05, 0.1) is 0 Å². The molecule has 1 aliphatic rings. The summed E-state index contributed by atoms with van der Waals surface area (Å²) in [4.78, 5) is 9.74. The smallest absolute Gasteiger partial charge is 0.245 e. The molecule has 0 bridgehead atoms. The van der Waals surface area contributed by atoms with Crippen LogP contribution in [-0.2, 0) is 0 Å². The van der Waals surface area contributed by atoms with Crippen molar-refractivity contribution in [2.45, 2.75) is 19.3 Å². The Kier molecular flexibility index (Phi) is 3.42. The minimum absolute atomic E-state index is 0.0420. The maximum Gasteiger partial charge on any atom is 0.245 e. The van der Waals surface area contributed by atoms with E-state index >= 15 is 0 Å². The average Bonchev–Trinajstić information content (AvgIpc) is 2.15. The highest BCUT2D eigenvalue weighted by Crippen LogP contribution is 2.19. The summed E-state index contributed by atoms with van der Waals surface area (Å²) in [5.74, 6) is 0.0420. The van der Waals surface area contributed by atoms with Crippen molar-refractivity contribution in [1.29, 1.82) is 0 Å². The van der Waals surface area contributed by atoms with Gasteiger partial charge >= 0.3 is 0 Å². The fourth-order valence-corrected chi connectivity index (χ4v) is 1.47. The van der Waals surface area contributed by atoms with Crippen molar-refractivity contribution in [2.75, 3.05) is 6.54 Å². The fourth-order valence-electron chi connectivity index (χ4n) is 1.47. The quantitative estimate of drug-likeness (QED) is 0.237. The molecule has 1 rings (SSSR count). The van der Waals surface area contributed by atoms with Gasteiger partial charge in [-0.3, -0.25) is 10.1 Å². The Morgan fingerprint density at radius 3 is 2.92 bits per heavy atom. The number of nitrogens with zero attached hydrogens (tertiary/aromatic N) is 2. The third-order valence-electron chi connectivity index (χ3n) is 2.16. The van der Waals surface area contributed by atoms with Gasteiger partial charge in [-0.15, -0.1) is 0 Å². The van der Waals surface area contributed by atoms with Crippen LogP contribution >= 0.6 is 0 Å². The van der Waals surface area contributed by atoms with Gasteiger partial charge in [0, 0.05) is 10.8 Å². The predicted molar refractivity (Wildman–Crippen MR) is 47.6 cm³/mol. The summed E-state index contributed by atoms with van der Waals surface area (Å²) in [5.41, 5.74) is 0.286. The molecule has 0 radical (unpaired) electrons. The van der Waals surface area contributed by atoms with Crippen molar-refractivity contribution >= 4 is 5.71 Å². The molecule has 72 valence electrons. The van der Waals surface area contributed by atoms with Crippen LogP contribution in [0.4, 0.5) is 0 Å². The number of hydrogen-bond acceptors (Lipinski definition) is 4. The maximum atomic E-state index is 10.2. The average molecular weight is 184 g/mol. The molecule has 13 heavy (non-hydrogen) atoms. The monoisotopic (exact) mass is 184 g/mol. The van der Waals surface area contributed by atoms with Gasteiger partial charge in [0.1, 0.15) is 5.71 Å². The largest absolute Gasteiger partial charge is 0.411 e. The molecular weight excluding hydrogens is 172 g/mol. The van der Waals surface area contributed by atoms with Gasteiger partial charge in [-0.2, -0.15) is 0 Å². The first-order valence-electron chi connectivity index (χ1n) is 4.21. The van der Waals surface area contributed by atoms with E-state index in [1.807, 2.05) is 12.2 Å². The van der Waals surface area contributed by atoms with Crippen molar-refractivity contribution in [2.24, 2.45) is 11.1 Å². The van der Waals surface area contributed by atoms with Crippen molar-refractivity contribution in [1.82, 2.24) is 0 Å². The van der Waals surface area contributed by atoms with E-state index in [0.29, 0.717) is 0 Å². The third kappa shape index (κ3) is 2.85. The molecule has 0 saturated heterocycles. The summed E-state index contributed by atoms with van der Waals surface area (Å²) in [6, 6.07) is 0. The Bertz CT molecular complexity index is 248. The maximum absolute atomic E-state index is 10.2. The van der Waals surface area contributed by atoms with Gasteiger partial charge in [0.25, 0.3) is 0 Å². The van der Waals surface area contributed by atoms with Crippen molar-refractivity contribution < 1.29 is 10.1 Å². The normalized spacial score (nSPS) is 23.1. The van der Waals surface area contributed by atoms with E-state index in [-0.39, 0.29) is 18.2 Å². The van der Waals surface area contributed by atoms with Crippen molar-refractivity contribution in [3.8, 4) is 0 Å². The zero-order chi connectivity index (χ0) is 9.68. The molecular formula is C8H12N2O3. The van der Waals surface area contributed by atoms with E-state index in [2.05, 4.69) is 5.16 Å². The second-order valence-corrected chi connectivity index (χ2v) is 3.06. The lowest BCUT2D eigenvalue weighted by atomic mass is 9.90. The fraction of sp³-hybridized carbons (Fsp3) is 0.625. The van der Waals surface area contributed by atoms with Crippen LogP contribution in [0.5, 0.6) is 0 Å². The minimum atomic E-state index is -0.465. The molecule has 1 unspecified atom stereocenters. The molecule has 0 heterocycles.